The minimum atomic E-state index is -0.286. The number of ether oxygens (including phenoxy) is 3. The number of aromatic nitrogens is 1. The molecule has 0 spiro atoms. The summed E-state index contributed by atoms with van der Waals surface area (Å²) in [6.45, 7) is 4.93. The molecule has 9 heteroatoms. The number of hydrazone groups is 1. The lowest BCUT2D eigenvalue weighted by atomic mass is 10.2. The third kappa shape index (κ3) is 6.93. The smallest absolute Gasteiger partial charge is 0.311 e. The highest BCUT2D eigenvalue weighted by molar-refractivity contribution is 14.1. The quantitative estimate of drug-likeness (QED) is 0.156. The van der Waals surface area contributed by atoms with Crippen molar-refractivity contribution in [2.45, 2.75) is 33.1 Å². The number of hydrogen-bond donors (Lipinski definition) is 1. The lowest BCUT2D eigenvalue weighted by Crippen LogP contribution is -2.07. The van der Waals surface area contributed by atoms with Gasteiger partial charge in [-0.05, 0) is 53.6 Å². The molecular weight excluding hydrogens is 493 g/mol. The van der Waals surface area contributed by atoms with E-state index in [-0.39, 0.29) is 12.4 Å². The number of benzene rings is 1. The fraction of sp³-hybridized carbons (Fsp3) is 0.421. The number of halogens is 1. The van der Waals surface area contributed by atoms with Gasteiger partial charge >= 0.3 is 5.97 Å². The molecule has 0 bridgehead atoms. The maximum Gasteiger partial charge on any atom is 0.311 e. The van der Waals surface area contributed by atoms with Crippen molar-refractivity contribution in [3.63, 3.8) is 0 Å². The summed E-state index contributed by atoms with van der Waals surface area (Å²) < 4.78 is 17.2. The van der Waals surface area contributed by atoms with Gasteiger partial charge in [-0.1, -0.05) is 13.3 Å². The minimum Gasteiger partial charge on any atom is -0.493 e. The molecule has 1 heterocycles. The van der Waals surface area contributed by atoms with E-state index in [0.717, 1.165) is 27.7 Å². The summed E-state index contributed by atoms with van der Waals surface area (Å²) in [5.74, 6) is 1.14. The molecule has 0 saturated carbocycles. The Morgan fingerprint density at radius 3 is 2.93 bits per heavy atom. The molecule has 0 radical (unpaired) electrons. The van der Waals surface area contributed by atoms with Crippen LogP contribution in [0.25, 0.3) is 0 Å². The van der Waals surface area contributed by atoms with Crippen LogP contribution in [-0.2, 0) is 16.0 Å². The zero-order valence-electron chi connectivity index (χ0n) is 16.2. The average Bonchev–Trinajstić information content (AvgIpc) is 3.10. The summed E-state index contributed by atoms with van der Waals surface area (Å²) in [6.07, 6.45) is 3.92. The molecule has 1 aromatic heterocycles. The molecule has 7 nitrogen and oxygen atoms in total. The van der Waals surface area contributed by atoms with Gasteiger partial charge in [0.05, 0.1) is 42.2 Å². The number of carbonyl (C=O) groups is 1. The lowest BCUT2D eigenvalue weighted by molar-refractivity contribution is -0.142. The van der Waals surface area contributed by atoms with E-state index in [1.165, 1.54) is 11.3 Å². The number of esters is 1. The summed E-state index contributed by atoms with van der Waals surface area (Å²) in [5.41, 5.74) is 4.42. The van der Waals surface area contributed by atoms with E-state index in [1.807, 2.05) is 17.5 Å². The van der Waals surface area contributed by atoms with Crippen LogP contribution in [0, 0.1) is 3.57 Å². The topological polar surface area (TPSA) is 82.0 Å². The Balaban J connectivity index is 1.99. The summed E-state index contributed by atoms with van der Waals surface area (Å²) in [5, 5.41) is 6.64. The van der Waals surface area contributed by atoms with Gasteiger partial charge < -0.3 is 14.2 Å². The van der Waals surface area contributed by atoms with Crippen LogP contribution in [0.2, 0.25) is 0 Å². The van der Waals surface area contributed by atoms with Crippen molar-refractivity contribution in [1.29, 1.82) is 0 Å². The first-order valence-corrected chi connectivity index (χ1v) is 10.9. The predicted molar refractivity (Wildman–Crippen MR) is 120 cm³/mol. The van der Waals surface area contributed by atoms with Gasteiger partial charge in [0.2, 0.25) is 5.13 Å². The molecule has 0 saturated heterocycles. The maximum absolute atomic E-state index is 11.5. The lowest BCUT2D eigenvalue weighted by Gasteiger charge is -2.13. The van der Waals surface area contributed by atoms with Gasteiger partial charge in [-0.3, -0.25) is 10.2 Å². The van der Waals surface area contributed by atoms with Crippen molar-refractivity contribution < 1.29 is 19.0 Å². The van der Waals surface area contributed by atoms with E-state index >= 15 is 0 Å². The van der Waals surface area contributed by atoms with Crippen LogP contribution >= 0.6 is 33.9 Å². The van der Waals surface area contributed by atoms with Gasteiger partial charge in [-0.15, -0.1) is 11.3 Å². The predicted octanol–water partition coefficient (Wildman–Crippen LogP) is 4.49. The van der Waals surface area contributed by atoms with Crippen LogP contribution in [0.4, 0.5) is 5.13 Å². The van der Waals surface area contributed by atoms with Gasteiger partial charge in [-0.25, -0.2) is 4.98 Å². The van der Waals surface area contributed by atoms with E-state index in [0.29, 0.717) is 29.8 Å². The Kier molecular flexibility index (Phi) is 9.48. The minimum absolute atomic E-state index is 0.157. The molecule has 0 aliphatic heterocycles. The van der Waals surface area contributed by atoms with E-state index in [4.69, 9.17) is 14.2 Å². The fourth-order valence-corrected chi connectivity index (χ4v) is 3.67. The Labute approximate surface area is 182 Å². The summed E-state index contributed by atoms with van der Waals surface area (Å²) in [7, 11) is 1.62. The van der Waals surface area contributed by atoms with Crippen molar-refractivity contribution >= 4 is 51.2 Å². The van der Waals surface area contributed by atoms with Gasteiger partial charge in [-0.2, -0.15) is 5.10 Å². The Morgan fingerprint density at radius 2 is 2.21 bits per heavy atom. The third-order valence-corrected chi connectivity index (χ3v) is 5.15. The zero-order valence-corrected chi connectivity index (χ0v) is 19.1. The van der Waals surface area contributed by atoms with E-state index in [1.54, 1.807) is 20.2 Å². The molecule has 0 unspecified atom stereocenters. The molecule has 1 N–H and O–H groups in total. The molecule has 0 aliphatic rings. The zero-order chi connectivity index (χ0) is 20.4. The molecule has 0 fully saturated rings. The van der Waals surface area contributed by atoms with Crippen LogP contribution in [0.3, 0.4) is 0 Å². The Bertz CT molecular complexity index is 810. The highest BCUT2D eigenvalue weighted by Gasteiger charge is 2.11. The van der Waals surface area contributed by atoms with Crippen LogP contribution in [-0.4, -0.2) is 37.5 Å². The van der Waals surface area contributed by atoms with Crippen LogP contribution < -0.4 is 14.9 Å². The molecule has 28 heavy (non-hydrogen) atoms. The number of methoxy groups -OCH3 is 1. The van der Waals surface area contributed by atoms with Gasteiger partial charge in [0.25, 0.3) is 0 Å². The molecule has 1 aromatic carbocycles. The second-order valence-corrected chi connectivity index (χ2v) is 7.75. The number of hydrogen-bond acceptors (Lipinski definition) is 8. The summed E-state index contributed by atoms with van der Waals surface area (Å²) >= 11 is 3.61. The normalized spacial score (nSPS) is 10.9. The van der Waals surface area contributed by atoms with Gasteiger partial charge in [0, 0.05) is 5.38 Å². The average molecular weight is 517 g/mol. The van der Waals surface area contributed by atoms with E-state index < -0.39 is 0 Å². The number of carbonyl (C=O) groups excluding carboxylic acids is 1. The molecular formula is C19H24IN3O4S. The van der Waals surface area contributed by atoms with Crippen molar-refractivity contribution in [1.82, 2.24) is 4.98 Å². The van der Waals surface area contributed by atoms with Crippen molar-refractivity contribution in [2.24, 2.45) is 5.10 Å². The van der Waals surface area contributed by atoms with Crippen molar-refractivity contribution in [2.75, 3.05) is 25.7 Å². The number of thiazole rings is 1. The second kappa shape index (κ2) is 11.8. The van der Waals surface area contributed by atoms with Crippen LogP contribution in [0.1, 0.15) is 37.9 Å². The third-order valence-electron chi connectivity index (χ3n) is 3.55. The molecule has 2 rings (SSSR count). The monoisotopic (exact) mass is 517 g/mol. The van der Waals surface area contributed by atoms with Crippen LogP contribution in [0.5, 0.6) is 11.5 Å². The second-order valence-electron chi connectivity index (χ2n) is 5.73. The Hall–Kier alpha value is -1.88. The molecule has 0 aliphatic carbocycles. The highest BCUT2D eigenvalue weighted by Crippen LogP contribution is 2.33. The SMILES string of the molecule is CCCCOc1c(I)cc(C=NNc2nc(CC(=O)OCC)cs2)cc1OC. The Morgan fingerprint density at radius 1 is 1.39 bits per heavy atom. The van der Waals surface area contributed by atoms with Gasteiger partial charge in [0.15, 0.2) is 11.5 Å². The summed E-state index contributed by atoms with van der Waals surface area (Å²) in [4.78, 5) is 15.8. The molecule has 0 amide bonds. The number of rotatable bonds is 11. The largest absolute Gasteiger partial charge is 0.493 e. The van der Waals surface area contributed by atoms with Crippen molar-refractivity contribution in [3.05, 3.63) is 32.3 Å². The van der Waals surface area contributed by atoms with Gasteiger partial charge in [0.1, 0.15) is 0 Å². The molecule has 152 valence electrons. The number of nitrogens with one attached hydrogen (secondary N) is 1. The first kappa shape index (κ1) is 22.4. The summed E-state index contributed by atoms with van der Waals surface area (Å²) in [6, 6.07) is 3.85. The van der Waals surface area contributed by atoms with Crippen LogP contribution in [0.15, 0.2) is 22.6 Å². The standard InChI is InChI=1S/C19H24IN3O4S/c1-4-6-7-27-18-15(20)8-13(9-16(18)25-3)11-21-23-19-22-14(12-28-19)10-17(24)26-5-2/h8-9,11-12H,4-7,10H2,1-3H3,(H,22,23). The number of anilines is 1. The molecule has 0 atom stereocenters. The van der Waals surface area contributed by atoms with E-state index in [9.17, 15) is 4.79 Å². The first-order chi connectivity index (χ1) is 13.6. The highest BCUT2D eigenvalue weighted by atomic mass is 127. The van der Waals surface area contributed by atoms with Crippen molar-refractivity contribution in [3.8, 4) is 11.5 Å². The number of nitrogens with zero attached hydrogens (tertiary/aromatic N) is 2. The van der Waals surface area contributed by atoms with E-state index in [2.05, 4.69) is 45.0 Å². The first-order valence-electron chi connectivity index (χ1n) is 8.96. The fourth-order valence-electron chi connectivity index (χ4n) is 2.23. The molecule has 2 aromatic rings. The maximum atomic E-state index is 11.5. The number of unbranched alkanes of at least 4 members (excludes halogenated alkanes) is 1.